The summed E-state index contributed by atoms with van der Waals surface area (Å²) in [6.45, 7) is 6.24. The van der Waals surface area contributed by atoms with Crippen LogP contribution in [0.2, 0.25) is 0 Å². The van der Waals surface area contributed by atoms with Gasteiger partial charge in [-0.2, -0.15) is 0 Å². The van der Waals surface area contributed by atoms with Crippen molar-refractivity contribution >= 4 is 0 Å². The van der Waals surface area contributed by atoms with Gasteiger partial charge >= 0.3 is 0 Å². The monoisotopic (exact) mass is 194 g/mol. The molecule has 14 heavy (non-hydrogen) atoms. The third-order valence-corrected chi connectivity index (χ3v) is 2.38. The standard InChI is InChI=1S/C11H18N2O/c1-9(11(2,3)14)13-8-10-6-4-5-7-12-10/h4-7,9,13-14H,8H2,1-3H3. The highest BCUT2D eigenvalue weighted by atomic mass is 16.3. The van der Waals surface area contributed by atoms with Crippen LogP contribution in [0.3, 0.4) is 0 Å². The van der Waals surface area contributed by atoms with Crippen LogP contribution in [0.15, 0.2) is 24.4 Å². The maximum absolute atomic E-state index is 9.68. The molecule has 0 radical (unpaired) electrons. The van der Waals surface area contributed by atoms with Crippen LogP contribution in [0, 0.1) is 0 Å². The van der Waals surface area contributed by atoms with E-state index in [-0.39, 0.29) is 6.04 Å². The molecule has 78 valence electrons. The summed E-state index contributed by atoms with van der Waals surface area (Å²) in [5, 5.41) is 12.9. The molecule has 0 aromatic carbocycles. The average Bonchev–Trinajstić information content (AvgIpc) is 2.14. The molecule has 0 aliphatic carbocycles. The van der Waals surface area contributed by atoms with Crippen LogP contribution in [0.4, 0.5) is 0 Å². The van der Waals surface area contributed by atoms with E-state index in [1.165, 1.54) is 0 Å². The lowest BCUT2D eigenvalue weighted by atomic mass is 10.0. The second-order valence-electron chi connectivity index (χ2n) is 4.08. The minimum Gasteiger partial charge on any atom is -0.389 e. The Hall–Kier alpha value is -0.930. The molecule has 0 spiro atoms. The number of nitrogens with one attached hydrogen (secondary N) is 1. The van der Waals surface area contributed by atoms with E-state index in [9.17, 15) is 5.11 Å². The molecule has 1 unspecified atom stereocenters. The van der Waals surface area contributed by atoms with Crippen molar-refractivity contribution in [2.24, 2.45) is 0 Å². The Morgan fingerprint density at radius 3 is 2.71 bits per heavy atom. The molecule has 0 aliphatic heterocycles. The summed E-state index contributed by atoms with van der Waals surface area (Å²) in [4.78, 5) is 4.19. The van der Waals surface area contributed by atoms with Crippen molar-refractivity contribution in [2.45, 2.75) is 39.0 Å². The molecular formula is C11H18N2O. The van der Waals surface area contributed by atoms with E-state index < -0.39 is 5.60 Å². The van der Waals surface area contributed by atoms with Crippen molar-refractivity contribution in [2.75, 3.05) is 0 Å². The second kappa shape index (κ2) is 4.53. The lowest BCUT2D eigenvalue weighted by Crippen LogP contribution is -2.44. The number of aromatic nitrogens is 1. The molecule has 0 saturated carbocycles. The smallest absolute Gasteiger partial charge is 0.0741 e. The van der Waals surface area contributed by atoms with Gasteiger partial charge in [-0.15, -0.1) is 0 Å². The summed E-state index contributed by atoms with van der Waals surface area (Å²) in [5.74, 6) is 0. The van der Waals surface area contributed by atoms with Crippen molar-refractivity contribution < 1.29 is 5.11 Å². The Labute approximate surface area is 85.2 Å². The highest BCUT2D eigenvalue weighted by molar-refractivity contribution is 5.03. The van der Waals surface area contributed by atoms with Gasteiger partial charge in [0.25, 0.3) is 0 Å². The number of hydrogen-bond donors (Lipinski definition) is 2. The summed E-state index contributed by atoms with van der Waals surface area (Å²) in [5.41, 5.74) is 0.290. The van der Waals surface area contributed by atoms with Gasteiger partial charge in [0.05, 0.1) is 11.3 Å². The van der Waals surface area contributed by atoms with Gasteiger partial charge in [0.15, 0.2) is 0 Å². The first-order valence-corrected chi connectivity index (χ1v) is 4.86. The zero-order chi connectivity index (χ0) is 10.6. The van der Waals surface area contributed by atoms with Gasteiger partial charge in [-0.1, -0.05) is 6.07 Å². The van der Waals surface area contributed by atoms with Gasteiger partial charge in [0, 0.05) is 18.8 Å². The molecule has 1 aromatic heterocycles. The lowest BCUT2D eigenvalue weighted by molar-refractivity contribution is 0.0436. The van der Waals surface area contributed by atoms with Crippen molar-refractivity contribution in [1.29, 1.82) is 0 Å². The molecule has 1 atom stereocenters. The van der Waals surface area contributed by atoms with E-state index in [0.29, 0.717) is 6.54 Å². The molecule has 1 rings (SSSR count). The average molecular weight is 194 g/mol. The summed E-state index contributed by atoms with van der Waals surface area (Å²) in [7, 11) is 0. The molecule has 1 heterocycles. The predicted octanol–water partition coefficient (Wildman–Crippen LogP) is 1.33. The number of hydrogen-bond acceptors (Lipinski definition) is 3. The number of aliphatic hydroxyl groups is 1. The number of nitrogens with zero attached hydrogens (tertiary/aromatic N) is 1. The summed E-state index contributed by atoms with van der Waals surface area (Å²) < 4.78 is 0. The van der Waals surface area contributed by atoms with Crippen LogP contribution in [-0.2, 0) is 6.54 Å². The molecule has 1 aromatic rings. The van der Waals surface area contributed by atoms with Gasteiger partial charge in [-0.05, 0) is 32.9 Å². The number of pyridine rings is 1. The van der Waals surface area contributed by atoms with E-state index in [0.717, 1.165) is 5.69 Å². The van der Waals surface area contributed by atoms with Crippen LogP contribution in [0.1, 0.15) is 26.5 Å². The van der Waals surface area contributed by atoms with Crippen LogP contribution < -0.4 is 5.32 Å². The highest BCUT2D eigenvalue weighted by Crippen LogP contribution is 2.07. The maximum Gasteiger partial charge on any atom is 0.0741 e. The van der Waals surface area contributed by atoms with Gasteiger partial charge in [0.2, 0.25) is 0 Å². The zero-order valence-electron chi connectivity index (χ0n) is 8.99. The highest BCUT2D eigenvalue weighted by Gasteiger charge is 2.21. The molecule has 0 amide bonds. The predicted molar refractivity (Wildman–Crippen MR) is 56.8 cm³/mol. The van der Waals surface area contributed by atoms with Crippen LogP contribution in [0.5, 0.6) is 0 Å². The minimum atomic E-state index is -0.700. The quantitative estimate of drug-likeness (QED) is 0.760. The van der Waals surface area contributed by atoms with Crippen molar-refractivity contribution in [3.05, 3.63) is 30.1 Å². The third-order valence-electron chi connectivity index (χ3n) is 2.38. The third kappa shape index (κ3) is 3.44. The van der Waals surface area contributed by atoms with Gasteiger partial charge in [0.1, 0.15) is 0 Å². The first kappa shape index (κ1) is 11.1. The van der Waals surface area contributed by atoms with Crippen LogP contribution in [-0.4, -0.2) is 21.7 Å². The van der Waals surface area contributed by atoms with Crippen LogP contribution in [0.25, 0.3) is 0 Å². The van der Waals surface area contributed by atoms with E-state index in [4.69, 9.17) is 0 Å². The first-order chi connectivity index (χ1) is 6.50. The fraction of sp³-hybridized carbons (Fsp3) is 0.545. The molecule has 0 bridgehead atoms. The van der Waals surface area contributed by atoms with Crippen molar-refractivity contribution in [3.63, 3.8) is 0 Å². The van der Waals surface area contributed by atoms with Crippen LogP contribution >= 0.6 is 0 Å². The molecule has 2 N–H and O–H groups in total. The molecule has 3 nitrogen and oxygen atoms in total. The van der Waals surface area contributed by atoms with Gasteiger partial charge in [-0.3, -0.25) is 4.98 Å². The van der Waals surface area contributed by atoms with Gasteiger partial charge in [-0.25, -0.2) is 0 Å². The molecule has 0 fully saturated rings. The fourth-order valence-electron chi connectivity index (χ4n) is 1.01. The minimum absolute atomic E-state index is 0.0458. The molecule has 3 heteroatoms. The second-order valence-corrected chi connectivity index (χ2v) is 4.08. The van der Waals surface area contributed by atoms with E-state index in [1.54, 1.807) is 20.0 Å². The lowest BCUT2D eigenvalue weighted by Gasteiger charge is -2.26. The van der Waals surface area contributed by atoms with E-state index >= 15 is 0 Å². The molecular weight excluding hydrogens is 176 g/mol. The summed E-state index contributed by atoms with van der Waals surface area (Å²) in [6.07, 6.45) is 1.77. The van der Waals surface area contributed by atoms with Gasteiger partial charge < -0.3 is 10.4 Å². The normalized spacial score (nSPS) is 14.0. The SMILES string of the molecule is CC(NCc1ccccn1)C(C)(C)O. The van der Waals surface area contributed by atoms with E-state index in [1.807, 2.05) is 25.1 Å². The molecule has 0 aliphatic rings. The zero-order valence-corrected chi connectivity index (χ0v) is 8.99. The first-order valence-electron chi connectivity index (χ1n) is 4.86. The fourth-order valence-corrected chi connectivity index (χ4v) is 1.01. The Kier molecular flexibility index (Phi) is 3.61. The Morgan fingerprint density at radius 2 is 2.21 bits per heavy atom. The largest absolute Gasteiger partial charge is 0.389 e. The Bertz CT molecular complexity index is 266. The summed E-state index contributed by atoms with van der Waals surface area (Å²) in [6, 6.07) is 5.86. The number of rotatable bonds is 4. The maximum atomic E-state index is 9.68. The van der Waals surface area contributed by atoms with Crippen molar-refractivity contribution in [3.8, 4) is 0 Å². The van der Waals surface area contributed by atoms with E-state index in [2.05, 4.69) is 10.3 Å². The topological polar surface area (TPSA) is 45.2 Å². The molecule has 0 saturated heterocycles. The Balaban J connectivity index is 2.42. The summed E-state index contributed by atoms with van der Waals surface area (Å²) >= 11 is 0. The van der Waals surface area contributed by atoms with Crippen molar-refractivity contribution in [1.82, 2.24) is 10.3 Å². The Morgan fingerprint density at radius 1 is 1.50 bits per heavy atom.